The molecule has 2 aliphatic rings. The number of fused-ring (bicyclic) bond motifs is 1. The predicted octanol–water partition coefficient (Wildman–Crippen LogP) is -1.84. The lowest BCUT2D eigenvalue weighted by Crippen LogP contribution is -2.60. The molecule has 16 heteroatoms. The van der Waals surface area contributed by atoms with Gasteiger partial charge in [-0.1, -0.05) is 0 Å². The highest BCUT2D eigenvalue weighted by atomic mass is 16.7. The summed E-state index contributed by atoms with van der Waals surface area (Å²) in [6, 6.07) is 7.88. The molecule has 5 rings (SSSR count). The van der Waals surface area contributed by atoms with E-state index < -0.39 is 80.4 Å². The summed E-state index contributed by atoms with van der Waals surface area (Å²) < 4.78 is 33.6. The zero-order valence-electron chi connectivity index (χ0n) is 23.1. The van der Waals surface area contributed by atoms with E-state index in [2.05, 4.69) is 0 Å². The van der Waals surface area contributed by atoms with Gasteiger partial charge in [0, 0.05) is 18.2 Å². The molecule has 16 nitrogen and oxygen atoms in total. The lowest BCUT2D eigenvalue weighted by molar-refractivity contribution is -0.277. The molecule has 0 bridgehead atoms. The van der Waals surface area contributed by atoms with Gasteiger partial charge in [0.2, 0.25) is 18.3 Å². The van der Waals surface area contributed by atoms with Crippen molar-refractivity contribution in [2.24, 2.45) is 0 Å². The molecule has 3 aromatic rings. The molecule has 0 unspecified atom stereocenters. The van der Waals surface area contributed by atoms with E-state index in [1.165, 1.54) is 37.4 Å². The summed E-state index contributed by atoms with van der Waals surface area (Å²) in [6.07, 6.45) is -15.9. The Bertz CT molecular complexity index is 1460. The van der Waals surface area contributed by atoms with Gasteiger partial charge in [0.1, 0.15) is 65.7 Å². The minimum atomic E-state index is -1.77. The van der Waals surface area contributed by atoms with Crippen LogP contribution in [0.3, 0.4) is 0 Å². The Balaban J connectivity index is 1.56. The summed E-state index contributed by atoms with van der Waals surface area (Å²) in [5, 5.41) is 101. The van der Waals surface area contributed by atoms with Gasteiger partial charge >= 0.3 is 11.3 Å². The summed E-state index contributed by atoms with van der Waals surface area (Å²) in [4.78, 5) is 0. The number of hydrogen-bond acceptors (Lipinski definition) is 15. The summed E-state index contributed by atoms with van der Waals surface area (Å²) in [5.41, 5.74) is 0.244. The fraction of sp³-hybridized carbons (Fsp3) is 0.464. The van der Waals surface area contributed by atoms with Crippen LogP contribution in [0, 0.1) is 0 Å². The Morgan fingerprint density at radius 1 is 0.682 bits per heavy atom. The monoisotopic (exact) mass is 625 g/mol. The summed E-state index contributed by atoms with van der Waals surface area (Å²) in [6.45, 7) is -1.38. The molecular weight excluding hydrogens is 592 g/mol. The average molecular weight is 626 g/mol. The maximum Gasteiger partial charge on any atom is 0.402 e. The van der Waals surface area contributed by atoms with Crippen LogP contribution in [-0.2, 0) is 9.47 Å². The van der Waals surface area contributed by atoms with E-state index in [1.54, 1.807) is 0 Å². The second-order valence-electron chi connectivity index (χ2n) is 10.3. The fourth-order valence-electron chi connectivity index (χ4n) is 4.94. The standard InChI is InChI=1S/C28H32O16/c1-39-16-4-10(2-3-13(16)31)26-17(42-28-25(38)23(36)21(34)19(9-30)44-28)7-12-14(32)5-11(6-15(12)41-26)40-27-24(37)22(35)20(33)18(8-29)43-27/h2-7,18-25,27-30,33-38H,8-9H2,1H3,(H-,31,32)/p+1/t18-,19-,20-,21-,22+,23+,24-,25-,27-,28-/m1/s1. The summed E-state index contributed by atoms with van der Waals surface area (Å²) in [5.74, 6) is -0.885. The third kappa shape index (κ3) is 5.92. The van der Waals surface area contributed by atoms with E-state index in [0.29, 0.717) is 0 Å². The molecule has 3 heterocycles. The number of methoxy groups -OCH3 is 1. The molecule has 0 amide bonds. The lowest BCUT2D eigenvalue weighted by atomic mass is 9.99. The first-order valence-corrected chi connectivity index (χ1v) is 13.4. The van der Waals surface area contributed by atoms with Gasteiger partial charge in [0.25, 0.3) is 0 Å². The number of phenols is 2. The van der Waals surface area contributed by atoms with Crippen molar-refractivity contribution in [2.75, 3.05) is 20.3 Å². The van der Waals surface area contributed by atoms with Gasteiger partial charge < -0.3 is 74.7 Å². The second-order valence-corrected chi connectivity index (χ2v) is 10.3. The number of hydrogen-bond donors (Lipinski definition) is 10. The van der Waals surface area contributed by atoms with Gasteiger partial charge in [-0.25, -0.2) is 4.42 Å². The molecular formula is C28H33O16+. The number of aliphatic hydroxyl groups excluding tert-OH is 8. The van der Waals surface area contributed by atoms with E-state index in [9.17, 15) is 51.1 Å². The second kappa shape index (κ2) is 12.8. The first-order valence-electron chi connectivity index (χ1n) is 13.4. The Kier molecular flexibility index (Phi) is 9.28. The van der Waals surface area contributed by atoms with E-state index >= 15 is 0 Å². The Morgan fingerprint density at radius 3 is 1.84 bits per heavy atom. The van der Waals surface area contributed by atoms with Gasteiger partial charge in [0.05, 0.1) is 32.0 Å². The maximum absolute atomic E-state index is 10.9. The van der Waals surface area contributed by atoms with Crippen LogP contribution in [0.2, 0.25) is 0 Å². The van der Waals surface area contributed by atoms with E-state index in [-0.39, 0.29) is 45.3 Å². The smallest absolute Gasteiger partial charge is 0.402 e. The van der Waals surface area contributed by atoms with Crippen molar-refractivity contribution < 1.29 is 79.2 Å². The third-order valence-electron chi connectivity index (χ3n) is 7.44. The van der Waals surface area contributed by atoms with Crippen molar-refractivity contribution in [1.29, 1.82) is 0 Å². The highest BCUT2D eigenvalue weighted by Crippen LogP contribution is 2.43. The molecule has 0 radical (unpaired) electrons. The normalized spacial score (nSPS) is 32.4. The quantitative estimate of drug-likeness (QED) is 0.123. The number of aliphatic hydroxyl groups is 8. The van der Waals surface area contributed by atoms with Crippen molar-refractivity contribution >= 4 is 11.0 Å². The van der Waals surface area contributed by atoms with Crippen LogP contribution in [0.5, 0.6) is 28.7 Å². The Labute approximate surface area is 248 Å². The molecule has 0 spiro atoms. The van der Waals surface area contributed by atoms with E-state index in [1.807, 2.05) is 0 Å². The summed E-state index contributed by atoms with van der Waals surface area (Å²) >= 11 is 0. The van der Waals surface area contributed by atoms with Crippen LogP contribution in [0.1, 0.15) is 0 Å². The largest absolute Gasteiger partial charge is 0.507 e. The molecule has 0 saturated carbocycles. The SMILES string of the molecule is COc1cc(-c2[o+]c3cc(O[C@@H]4O[C@H](CO)[C@@H](O)[C@H](O)[C@H]4O)cc(O)c3cc2O[C@@H]2O[C@H](CO)[C@@H](O)[C@H](O)[C@H]2O)ccc1O. The molecule has 44 heavy (non-hydrogen) atoms. The number of aromatic hydroxyl groups is 2. The minimum absolute atomic E-state index is 0.0206. The van der Waals surface area contributed by atoms with Gasteiger partial charge in [0.15, 0.2) is 11.5 Å². The van der Waals surface area contributed by atoms with Gasteiger partial charge in [-0.05, 0) is 12.1 Å². The van der Waals surface area contributed by atoms with Gasteiger partial charge in [-0.3, -0.25) is 0 Å². The highest BCUT2D eigenvalue weighted by Gasteiger charge is 2.46. The zero-order valence-corrected chi connectivity index (χ0v) is 23.1. The molecule has 1 aromatic heterocycles. The van der Waals surface area contributed by atoms with E-state index in [4.69, 9.17) is 28.1 Å². The van der Waals surface area contributed by atoms with Crippen LogP contribution in [0.25, 0.3) is 22.3 Å². The number of benzene rings is 2. The number of rotatable bonds is 8. The van der Waals surface area contributed by atoms with Gasteiger partial charge in [-0.15, -0.1) is 0 Å². The van der Waals surface area contributed by atoms with E-state index in [0.717, 1.165) is 6.07 Å². The van der Waals surface area contributed by atoms with Crippen molar-refractivity contribution in [3.05, 3.63) is 36.4 Å². The van der Waals surface area contributed by atoms with Gasteiger partial charge in [-0.2, -0.15) is 0 Å². The summed E-state index contributed by atoms with van der Waals surface area (Å²) in [7, 11) is 1.32. The minimum Gasteiger partial charge on any atom is -0.507 e. The Morgan fingerprint density at radius 2 is 1.27 bits per heavy atom. The van der Waals surface area contributed by atoms with Crippen molar-refractivity contribution in [3.8, 4) is 40.1 Å². The van der Waals surface area contributed by atoms with Crippen molar-refractivity contribution in [1.82, 2.24) is 0 Å². The molecule has 2 aliphatic heterocycles. The maximum atomic E-state index is 10.9. The molecule has 240 valence electrons. The van der Waals surface area contributed by atoms with Crippen LogP contribution in [0.4, 0.5) is 0 Å². The molecule has 2 fully saturated rings. The average Bonchev–Trinajstić information content (AvgIpc) is 3.01. The Hall–Kier alpha value is -3.55. The highest BCUT2D eigenvalue weighted by molar-refractivity contribution is 5.88. The van der Waals surface area contributed by atoms with Crippen LogP contribution in [-0.4, -0.2) is 133 Å². The first kappa shape index (κ1) is 31.9. The molecule has 2 saturated heterocycles. The van der Waals surface area contributed by atoms with Crippen LogP contribution in [0.15, 0.2) is 40.8 Å². The lowest BCUT2D eigenvalue weighted by Gasteiger charge is -2.39. The molecule has 2 aromatic carbocycles. The van der Waals surface area contributed by atoms with Crippen molar-refractivity contribution in [2.45, 2.75) is 61.4 Å². The topological polar surface area (TPSA) is 260 Å². The van der Waals surface area contributed by atoms with Crippen LogP contribution < -0.4 is 14.2 Å². The number of phenolic OH excluding ortho intramolecular Hbond substituents is 2. The van der Waals surface area contributed by atoms with Crippen LogP contribution >= 0.6 is 0 Å². The first-order chi connectivity index (χ1) is 21.0. The molecule has 10 atom stereocenters. The van der Waals surface area contributed by atoms with Crippen molar-refractivity contribution in [3.63, 3.8) is 0 Å². The third-order valence-corrected chi connectivity index (χ3v) is 7.44. The molecule has 10 N–H and O–H groups in total. The predicted molar refractivity (Wildman–Crippen MR) is 145 cm³/mol. The number of ether oxygens (including phenoxy) is 5. The zero-order chi connectivity index (χ0) is 31.9. The molecule has 0 aliphatic carbocycles. The fourth-order valence-corrected chi connectivity index (χ4v) is 4.94.